The molecule has 0 atom stereocenters. The molecule has 0 spiro atoms. The van der Waals surface area contributed by atoms with Crippen LogP contribution in [0.15, 0.2) is 46.9 Å². The molecule has 2 N–H and O–H groups in total. The van der Waals surface area contributed by atoms with Gasteiger partial charge in [-0.25, -0.2) is 0 Å². The van der Waals surface area contributed by atoms with E-state index >= 15 is 0 Å². The lowest BCUT2D eigenvalue weighted by Crippen LogP contribution is -2.09. The van der Waals surface area contributed by atoms with Crippen molar-refractivity contribution in [2.75, 3.05) is 24.8 Å². The third kappa shape index (κ3) is 2.14. The molecule has 0 saturated heterocycles. The van der Waals surface area contributed by atoms with Crippen LogP contribution in [0.25, 0.3) is 11.1 Å². The number of nitrogens with two attached hydrogens (primary N) is 1. The normalized spacial score (nSPS) is 10.7. The van der Waals surface area contributed by atoms with Crippen molar-refractivity contribution >= 4 is 28.5 Å². The highest BCUT2D eigenvalue weighted by Gasteiger charge is 2.12. The maximum Gasteiger partial charge on any atom is 0.302 e. The van der Waals surface area contributed by atoms with Crippen LogP contribution in [-0.2, 0) is 0 Å². The maximum absolute atomic E-state index is 5.75. The minimum absolute atomic E-state index is 0.513. The largest absolute Gasteiger partial charge is 0.497 e. The zero-order valence-electron chi connectivity index (χ0n) is 11.3. The molecule has 3 rings (SSSR count). The second-order valence-electron chi connectivity index (χ2n) is 4.48. The maximum atomic E-state index is 5.75. The number of methoxy groups -OCH3 is 1. The van der Waals surface area contributed by atoms with Crippen LogP contribution in [0.2, 0.25) is 0 Å². The van der Waals surface area contributed by atoms with Gasteiger partial charge in [0.25, 0.3) is 0 Å². The van der Waals surface area contributed by atoms with Crippen LogP contribution in [0.1, 0.15) is 0 Å². The van der Waals surface area contributed by atoms with Crippen molar-refractivity contribution in [1.29, 1.82) is 0 Å². The van der Waals surface area contributed by atoms with E-state index in [4.69, 9.17) is 14.9 Å². The van der Waals surface area contributed by atoms with Crippen molar-refractivity contribution in [3.63, 3.8) is 0 Å². The molecule has 20 heavy (non-hydrogen) atoms. The second kappa shape index (κ2) is 4.77. The van der Waals surface area contributed by atoms with E-state index in [0.717, 1.165) is 17.0 Å². The zero-order valence-corrected chi connectivity index (χ0v) is 11.3. The first kappa shape index (κ1) is 12.3. The molecule has 1 aromatic heterocycles. The molecule has 2 aromatic carbocycles. The van der Waals surface area contributed by atoms with Gasteiger partial charge in [0.05, 0.1) is 7.11 Å². The van der Waals surface area contributed by atoms with Gasteiger partial charge < -0.3 is 14.9 Å². The van der Waals surface area contributed by atoms with E-state index in [1.165, 1.54) is 0 Å². The quantitative estimate of drug-likeness (QED) is 0.740. The summed E-state index contributed by atoms with van der Waals surface area (Å²) in [5, 5.41) is 0. The minimum atomic E-state index is 0.513. The van der Waals surface area contributed by atoms with Gasteiger partial charge in [-0.05, 0) is 30.3 Å². The Kier molecular flexibility index (Phi) is 2.95. The van der Waals surface area contributed by atoms with E-state index < -0.39 is 0 Å². The van der Waals surface area contributed by atoms with Crippen LogP contribution >= 0.6 is 0 Å². The molecule has 0 radical (unpaired) electrons. The molecule has 0 amide bonds. The zero-order chi connectivity index (χ0) is 14.1. The van der Waals surface area contributed by atoms with Gasteiger partial charge in [-0.3, -0.25) is 4.90 Å². The molecule has 0 bridgehead atoms. The predicted molar refractivity (Wildman–Crippen MR) is 79.5 cm³/mol. The van der Waals surface area contributed by atoms with Crippen molar-refractivity contribution in [3.05, 3.63) is 42.5 Å². The Balaban J connectivity index is 2.00. The standard InChI is InChI=1S/C15H15N3O2/c1-18(11-4-3-5-12(9-11)19-2)15-17-13-8-10(16)6-7-14(13)20-15/h3-9H,16H2,1-2H3. The van der Waals surface area contributed by atoms with Gasteiger partial charge >= 0.3 is 6.01 Å². The number of nitrogen functional groups attached to an aromatic ring is 1. The number of fused-ring (bicyclic) bond motifs is 1. The van der Waals surface area contributed by atoms with Gasteiger partial charge in [0.1, 0.15) is 11.3 Å². The first-order chi connectivity index (χ1) is 9.67. The van der Waals surface area contributed by atoms with E-state index in [9.17, 15) is 0 Å². The lowest BCUT2D eigenvalue weighted by molar-refractivity contribution is 0.415. The van der Waals surface area contributed by atoms with Crippen LogP contribution in [0.4, 0.5) is 17.4 Å². The summed E-state index contributed by atoms with van der Waals surface area (Å²) in [6, 6.07) is 13.6. The Labute approximate surface area is 116 Å². The average Bonchev–Trinajstić information content (AvgIpc) is 2.89. The number of anilines is 3. The number of hydrogen-bond acceptors (Lipinski definition) is 5. The number of aromatic nitrogens is 1. The number of ether oxygens (including phenoxy) is 1. The van der Waals surface area contributed by atoms with E-state index in [2.05, 4.69) is 4.98 Å². The van der Waals surface area contributed by atoms with E-state index in [-0.39, 0.29) is 0 Å². The van der Waals surface area contributed by atoms with Crippen molar-refractivity contribution in [1.82, 2.24) is 4.98 Å². The Hall–Kier alpha value is -2.69. The lowest BCUT2D eigenvalue weighted by atomic mass is 10.3. The van der Waals surface area contributed by atoms with Gasteiger partial charge in [0, 0.05) is 24.5 Å². The summed E-state index contributed by atoms with van der Waals surface area (Å²) in [5.74, 6) is 0.787. The number of hydrogen-bond donors (Lipinski definition) is 1. The SMILES string of the molecule is COc1cccc(N(C)c2nc3cc(N)ccc3o2)c1. The molecular weight excluding hydrogens is 254 g/mol. The third-order valence-corrected chi connectivity index (χ3v) is 3.13. The van der Waals surface area contributed by atoms with Gasteiger partial charge in [-0.2, -0.15) is 4.98 Å². The molecule has 0 aliphatic rings. The molecule has 3 aromatic rings. The summed E-state index contributed by atoms with van der Waals surface area (Å²) in [6.07, 6.45) is 0. The first-order valence-electron chi connectivity index (χ1n) is 6.21. The number of benzene rings is 2. The molecule has 0 aliphatic carbocycles. The Morgan fingerprint density at radius 3 is 2.85 bits per heavy atom. The fourth-order valence-electron chi connectivity index (χ4n) is 2.01. The van der Waals surface area contributed by atoms with Gasteiger partial charge in [0.2, 0.25) is 0 Å². The minimum Gasteiger partial charge on any atom is -0.497 e. The smallest absolute Gasteiger partial charge is 0.302 e. The fraction of sp³-hybridized carbons (Fsp3) is 0.133. The molecule has 5 nitrogen and oxygen atoms in total. The van der Waals surface area contributed by atoms with Crippen molar-refractivity contribution in [3.8, 4) is 5.75 Å². The summed E-state index contributed by atoms with van der Waals surface area (Å²) >= 11 is 0. The molecule has 0 saturated carbocycles. The molecule has 102 valence electrons. The Morgan fingerprint density at radius 1 is 1.20 bits per heavy atom. The predicted octanol–water partition coefficient (Wildman–Crippen LogP) is 3.19. The Bertz CT molecular complexity index is 752. The second-order valence-corrected chi connectivity index (χ2v) is 4.48. The van der Waals surface area contributed by atoms with Crippen LogP contribution in [-0.4, -0.2) is 19.1 Å². The van der Waals surface area contributed by atoms with Crippen LogP contribution < -0.4 is 15.4 Å². The topological polar surface area (TPSA) is 64.5 Å². The molecule has 1 heterocycles. The van der Waals surface area contributed by atoms with Crippen molar-refractivity contribution in [2.24, 2.45) is 0 Å². The fourth-order valence-corrected chi connectivity index (χ4v) is 2.01. The summed E-state index contributed by atoms with van der Waals surface area (Å²) in [6.45, 7) is 0. The lowest BCUT2D eigenvalue weighted by Gasteiger charge is -2.15. The molecule has 0 aliphatic heterocycles. The van der Waals surface area contributed by atoms with E-state index in [1.807, 2.05) is 42.3 Å². The van der Waals surface area contributed by atoms with Gasteiger partial charge in [0.15, 0.2) is 5.58 Å². The highest BCUT2D eigenvalue weighted by atomic mass is 16.5. The van der Waals surface area contributed by atoms with Crippen molar-refractivity contribution < 1.29 is 9.15 Å². The summed E-state index contributed by atoms with van der Waals surface area (Å²) in [5.41, 5.74) is 8.81. The Morgan fingerprint density at radius 2 is 2.05 bits per heavy atom. The molecule has 0 fully saturated rings. The summed E-state index contributed by atoms with van der Waals surface area (Å²) < 4.78 is 11.0. The number of rotatable bonds is 3. The van der Waals surface area contributed by atoms with Crippen molar-refractivity contribution in [2.45, 2.75) is 0 Å². The average molecular weight is 269 g/mol. The van der Waals surface area contributed by atoms with E-state index in [1.54, 1.807) is 19.2 Å². The monoisotopic (exact) mass is 269 g/mol. The molecule has 5 heteroatoms. The number of oxazole rings is 1. The highest BCUT2D eigenvalue weighted by molar-refractivity contribution is 5.79. The third-order valence-electron chi connectivity index (χ3n) is 3.13. The van der Waals surface area contributed by atoms with E-state index in [0.29, 0.717) is 17.3 Å². The molecular formula is C15H15N3O2. The van der Waals surface area contributed by atoms with Gasteiger partial charge in [-0.15, -0.1) is 0 Å². The number of nitrogens with zero attached hydrogens (tertiary/aromatic N) is 2. The van der Waals surface area contributed by atoms with Crippen LogP contribution in [0, 0.1) is 0 Å². The van der Waals surface area contributed by atoms with Crippen LogP contribution in [0.3, 0.4) is 0 Å². The van der Waals surface area contributed by atoms with Crippen LogP contribution in [0.5, 0.6) is 5.75 Å². The first-order valence-corrected chi connectivity index (χ1v) is 6.21. The van der Waals surface area contributed by atoms with Gasteiger partial charge in [-0.1, -0.05) is 6.07 Å². The molecule has 0 unspecified atom stereocenters. The highest BCUT2D eigenvalue weighted by Crippen LogP contribution is 2.29. The summed E-state index contributed by atoms with van der Waals surface area (Å²) in [7, 11) is 3.53. The summed E-state index contributed by atoms with van der Waals surface area (Å²) in [4.78, 5) is 6.30.